The normalized spacial score (nSPS) is 15.2. The van der Waals surface area contributed by atoms with Crippen LogP contribution in [0.25, 0.3) is 6.08 Å². The Morgan fingerprint density at radius 1 is 1.08 bits per heavy atom. The largest absolute Gasteiger partial charge is 0.506 e. The number of rotatable bonds is 7. The van der Waals surface area contributed by atoms with Crippen molar-refractivity contribution in [1.82, 2.24) is 0 Å². The number of carbonyl (C=O) groups excluding carboxylic acids is 2. The minimum atomic E-state index is -0.757. The summed E-state index contributed by atoms with van der Waals surface area (Å²) >= 11 is 16.7. The number of aliphatic hydroxyl groups is 1. The van der Waals surface area contributed by atoms with Crippen molar-refractivity contribution in [1.29, 1.82) is 0 Å². The number of thioether (sulfide) groups is 1. The van der Waals surface area contributed by atoms with E-state index in [1.807, 2.05) is 6.92 Å². The van der Waals surface area contributed by atoms with E-state index in [0.29, 0.717) is 36.3 Å². The maximum absolute atomic E-state index is 12.8. The van der Waals surface area contributed by atoms with Crippen molar-refractivity contribution in [2.75, 3.05) is 6.61 Å². The molecule has 1 aliphatic heterocycles. The molecule has 3 aromatic rings. The van der Waals surface area contributed by atoms with Gasteiger partial charge in [-0.3, -0.25) is 4.79 Å². The van der Waals surface area contributed by atoms with Crippen LogP contribution in [0.2, 0.25) is 10.0 Å². The van der Waals surface area contributed by atoms with Crippen LogP contribution in [-0.4, -0.2) is 28.6 Å². The monoisotopic (exact) mass is 645 g/mol. The molecule has 0 atom stereocenters. The summed E-state index contributed by atoms with van der Waals surface area (Å²) in [4.78, 5) is 29.9. The molecule has 0 spiro atoms. The van der Waals surface area contributed by atoms with E-state index in [2.05, 4.69) is 20.9 Å². The number of hydrogen-bond acceptors (Lipinski definition) is 6. The molecule has 0 unspecified atom stereocenters. The molecule has 3 aromatic carbocycles. The van der Waals surface area contributed by atoms with Gasteiger partial charge in [-0.1, -0.05) is 64.8 Å². The van der Waals surface area contributed by atoms with Gasteiger partial charge in [0.2, 0.25) is 0 Å². The van der Waals surface area contributed by atoms with Gasteiger partial charge < -0.3 is 14.6 Å². The summed E-state index contributed by atoms with van der Waals surface area (Å²) < 4.78 is 11.7. The highest BCUT2D eigenvalue weighted by molar-refractivity contribution is 9.10. The third kappa shape index (κ3) is 7.13. The van der Waals surface area contributed by atoms with Crippen molar-refractivity contribution in [2.24, 2.45) is 4.99 Å². The molecule has 0 aliphatic carbocycles. The second kappa shape index (κ2) is 12.9. The smallest absolute Gasteiger partial charge is 0.344 e. The first-order chi connectivity index (χ1) is 18.7. The number of halogens is 3. The van der Waals surface area contributed by atoms with E-state index in [0.717, 1.165) is 22.9 Å². The van der Waals surface area contributed by atoms with Gasteiger partial charge in [-0.2, -0.15) is 0 Å². The lowest BCUT2D eigenvalue weighted by atomic mass is 10.1. The summed E-state index contributed by atoms with van der Waals surface area (Å²) in [7, 11) is 0. The molecule has 200 valence electrons. The third-order valence-electron chi connectivity index (χ3n) is 5.52. The molecule has 39 heavy (non-hydrogen) atoms. The highest BCUT2D eigenvalue weighted by atomic mass is 79.9. The van der Waals surface area contributed by atoms with Crippen LogP contribution in [0.15, 0.2) is 86.4 Å². The standard InChI is InChI=1S/C29H22BrCl2NO5S/c1-3-37-29(36)25-26(34)24(39-28(25)33-27(35)18-7-4-16(2)5-8-18)13-17-6-11-23(21(30)12-17)38-15-19-9-10-20(31)14-22(19)32/h4-14,34H,3,15H2,1-2H3/b24-13-,33-28?. The summed E-state index contributed by atoms with van der Waals surface area (Å²) in [5.41, 5.74) is 2.72. The lowest BCUT2D eigenvalue weighted by Gasteiger charge is -2.10. The quantitative estimate of drug-likeness (QED) is 0.260. The van der Waals surface area contributed by atoms with Gasteiger partial charge in [0.15, 0.2) is 0 Å². The Bertz CT molecular complexity index is 1530. The van der Waals surface area contributed by atoms with E-state index in [4.69, 9.17) is 32.7 Å². The molecular weight excluding hydrogens is 625 g/mol. The van der Waals surface area contributed by atoms with Gasteiger partial charge >= 0.3 is 5.97 Å². The number of aliphatic hydroxyl groups excluding tert-OH is 1. The van der Waals surface area contributed by atoms with E-state index in [9.17, 15) is 14.7 Å². The second-order valence-corrected chi connectivity index (χ2v) is 11.1. The molecule has 0 bridgehead atoms. The lowest BCUT2D eigenvalue weighted by Crippen LogP contribution is -2.14. The zero-order valence-corrected chi connectivity index (χ0v) is 24.7. The van der Waals surface area contributed by atoms with Crippen molar-refractivity contribution in [3.05, 3.63) is 114 Å². The molecule has 0 aromatic heterocycles. The van der Waals surface area contributed by atoms with E-state index in [1.165, 1.54) is 0 Å². The number of carbonyl (C=O) groups is 2. The molecule has 1 amide bonds. The van der Waals surface area contributed by atoms with Crippen LogP contribution in [0.5, 0.6) is 5.75 Å². The third-order valence-corrected chi connectivity index (χ3v) is 7.75. The first-order valence-electron chi connectivity index (χ1n) is 11.7. The molecule has 0 saturated carbocycles. The number of hydrogen-bond donors (Lipinski definition) is 1. The fourth-order valence-electron chi connectivity index (χ4n) is 3.51. The van der Waals surface area contributed by atoms with Crippen molar-refractivity contribution in [3.63, 3.8) is 0 Å². The Labute approximate surface area is 248 Å². The van der Waals surface area contributed by atoms with Crippen molar-refractivity contribution < 1.29 is 24.2 Å². The minimum Gasteiger partial charge on any atom is -0.506 e. The van der Waals surface area contributed by atoms with Crippen LogP contribution in [0, 0.1) is 6.92 Å². The number of benzene rings is 3. The molecule has 1 aliphatic rings. The molecule has 0 fully saturated rings. The molecule has 4 rings (SSSR count). The SMILES string of the molecule is CCOC(=O)C1=C(O)/C(=C/c2ccc(OCc3ccc(Cl)cc3Cl)c(Br)c2)SC1=NC(=O)c1ccc(C)cc1. The van der Waals surface area contributed by atoms with Crippen LogP contribution < -0.4 is 4.74 Å². The molecule has 1 N–H and O–H groups in total. The lowest BCUT2D eigenvalue weighted by molar-refractivity contribution is -0.138. The van der Waals surface area contributed by atoms with E-state index in [1.54, 1.807) is 73.7 Å². The Morgan fingerprint density at radius 3 is 2.49 bits per heavy atom. The molecule has 10 heteroatoms. The number of esters is 1. The number of ether oxygens (including phenoxy) is 2. The maximum atomic E-state index is 12.8. The van der Waals surface area contributed by atoms with Gasteiger partial charge in [-0.15, -0.1) is 0 Å². The number of aliphatic imine (C=N–C) groups is 1. The second-order valence-electron chi connectivity index (χ2n) is 8.36. The Hall–Kier alpha value is -3.04. The summed E-state index contributed by atoms with van der Waals surface area (Å²) in [5, 5.41) is 12.0. The summed E-state index contributed by atoms with van der Waals surface area (Å²) in [6, 6.07) is 17.5. The summed E-state index contributed by atoms with van der Waals surface area (Å²) in [6.45, 7) is 3.92. The Morgan fingerprint density at radius 2 is 1.82 bits per heavy atom. The molecule has 0 saturated heterocycles. The summed E-state index contributed by atoms with van der Waals surface area (Å²) in [5.74, 6) is -1.01. The number of amides is 1. The molecule has 0 radical (unpaired) electrons. The fraction of sp³-hybridized carbons (Fsp3) is 0.138. The summed E-state index contributed by atoms with van der Waals surface area (Å²) in [6.07, 6.45) is 1.68. The van der Waals surface area contributed by atoms with Crippen LogP contribution in [0.4, 0.5) is 0 Å². The Kier molecular flexibility index (Phi) is 9.56. The fourth-order valence-corrected chi connectivity index (χ4v) is 5.50. The number of nitrogens with zero attached hydrogens (tertiary/aromatic N) is 1. The van der Waals surface area contributed by atoms with E-state index >= 15 is 0 Å². The van der Waals surface area contributed by atoms with Crippen LogP contribution in [0.3, 0.4) is 0 Å². The maximum Gasteiger partial charge on any atom is 0.344 e. The highest BCUT2D eigenvalue weighted by Crippen LogP contribution is 2.40. The zero-order valence-electron chi connectivity index (χ0n) is 20.8. The molecule has 1 heterocycles. The van der Waals surface area contributed by atoms with E-state index in [-0.39, 0.29) is 29.6 Å². The van der Waals surface area contributed by atoms with Gasteiger partial charge in [0.25, 0.3) is 5.91 Å². The molecule has 6 nitrogen and oxygen atoms in total. The topological polar surface area (TPSA) is 85.2 Å². The number of aryl methyl sites for hydroxylation is 1. The highest BCUT2D eigenvalue weighted by Gasteiger charge is 2.34. The average molecular weight is 647 g/mol. The zero-order chi connectivity index (χ0) is 28.1. The Balaban J connectivity index is 1.58. The van der Waals surface area contributed by atoms with Crippen LogP contribution in [0.1, 0.15) is 34.0 Å². The first-order valence-corrected chi connectivity index (χ1v) is 14.1. The average Bonchev–Trinajstić information content (AvgIpc) is 3.19. The van der Waals surface area contributed by atoms with Crippen LogP contribution >= 0.6 is 50.9 Å². The predicted molar refractivity (Wildman–Crippen MR) is 160 cm³/mol. The van der Waals surface area contributed by atoms with Crippen molar-refractivity contribution in [2.45, 2.75) is 20.5 Å². The molecular formula is C29H22BrCl2NO5S. The van der Waals surface area contributed by atoms with Gasteiger partial charge in [-0.05, 0) is 77.8 Å². The van der Waals surface area contributed by atoms with Crippen molar-refractivity contribution in [3.8, 4) is 5.75 Å². The van der Waals surface area contributed by atoms with Gasteiger partial charge in [0.05, 0.1) is 16.0 Å². The van der Waals surface area contributed by atoms with Gasteiger partial charge in [-0.25, -0.2) is 9.79 Å². The van der Waals surface area contributed by atoms with Crippen molar-refractivity contribution >= 4 is 73.9 Å². The van der Waals surface area contributed by atoms with Gasteiger partial charge in [0, 0.05) is 21.2 Å². The minimum absolute atomic E-state index is 0.0710. The van der Waals surface area contributed by atoms with Gasteiger partial charge in [0.1, 0.15) is 28.7 Å². The van der Waals surface area contributed by atoms with E-state index < -0.39 is 11.9 Å². The van der Waals surface area contributed by atoms with Crippen LogP contribution in [-0.2, 0) is 16.1 Å². The predicted octanol–water partition coefficient (Wildman–Crippen LogP) is 8.35. The first kappa shape index (κ1) is 29.0.